The first-order valence-corrected chi connectivity index (χ1v) is 11.8. The van der Waals surface area contributed by atoms with E-state index in [2.05, 4.69) is 79.8 Å². The molecule has 2 heterocycles. The zero-order valence-electron chi connectivity index (χ0n) is 19.5. The quantitative estimate of drug-likeness (QED) is 0.633. The Bertz CT molecular complexity index is 452. The summed E-state index contributed by atoms with van der Waals surface area (Å²) in [5.74, 6) is 0.840. The highest BCUT2D eigenvalue weighted by Crippen LogP contribution is 2.23. The van der Waals surface area contributed by atoms with E-state index in [1.807, 2.05) is 0 Å². The van der Waals surface area contributed by atoms with Gasteiger partial charge in [0.05, 0.1) is 0 Å². The van der Waals surface area contributed by atoms with E-state index >= 15 is 0 Å². The van der Waals surface area contributed by atoms with Crippen LogP contribution in [0.3, 0.4) is 0 Å². The van der Waals surface area contributed by atoms with E-state index in [1.165, 1.54) is 90.0 Å². The van der Waals surface area contributed by atoms with Crippen molar-refractivity contribution in [1.29, 1.82) is 0 Å². The van der Waals surface area contributed by atoms with E-state index in [0.717, 1.165) is 5.92 Å². The molecule has 2 aliphatic heterocycles. The highest BCUT2D eigenvalue weighted by molar-refractivity contribution is 5.46. The first-order valence-electron chi connectivity index (χ1n) is 11.8. The Labute approximate surface area is 176 Å². The van der Waals surface area contributed by atoms with Crippen LogP contribution < -0.4 is 4.90 Å². The number of hydrogen-bond donors (Lipinski definition) is 0. The van der Waals surface area contributed by atoms with Crippen LogP contribution in [0.1, 0.15) is 66.2 Å². The van der Waals surface area contributed by atoms with Gasteiger partial charge in [0.25, 0.3) is 0 Å². The van der Waals surface area contributed by atoms with E-state index < -0.39 is 0 Å². The summed E-state index contributed by atoms with van der Waals surface area (Å²) in [5, 5.41) is 0. The number of para-hydroxylation sites is 1. The van der Waals surface area contributed by atoms with Crippen LogP contribution in [0.4, 0.5) is 5.69 Å². The van der Waals surface area contributed by atoms with Crippen molar-refractivity contribution >= 4 is 5.69 Å². The molecule has 0 spiro atoms. The Balaban J connectivity index is 0.000000421. The molecule has 3 heteroatoms. The highest BCUT2D eigenvalue weighted by Gasteiger charge is 2.23. The number of anilines is 1. The summed E-state index contributed by atoms with van der Waals surface area (Å²) in [7, 11) is 2.23. The molecule has 0 bridgehead atoms. The third kappa shape index (κ3) is 10.5. The zero-order valence-corrected chi connectivity index (χ0v) is 19.5. The fourth-order valence-electron chi connectivity index (χ4n) is 3.84. The summed E-state index contributed by atoms with van der Waals surface area (Å²) in [5.41, 5.74) is 1.40. The summed E-state index contributed by atoms with van der Waals surface area (Å²) in [6, 6.07) is 10.9. The largest absolute Gasteiger partial charge is 0.371 e. The van der Waals surface area contributed by atoms with Gasteiger partial charge in [0.2, 0.25) is 0 Å². The summed E-state index contributed by atoms with van der Waals surface area (Å²) in [6.45, 7) is 17.4. The van der Waals surface area contributed by atoms with E-state index in [4.69, 9.17) is 0 Å². The lowest BCUT2D eigenvalue weighted by molar-refractivity contribution is 0.131. The lowest BCUT2D eigenvalue weighted by Crippen LogP contribution is -2.48. The van der Waals surface area contributed by atoms with Gasteiger partial charge in [0.15, 0.2) is 0 Å². The second-order valence-electron chi connectivity index (χ2n) is 8.45. The minimum atomic E-state index is 0.840. The predicted molar refractivity (Wildman–Crippen MR) is 126 cm³/mol. The molecule has 0 aliphatic carbocycles. The molecule has 1 atom stereocenters. The van der Waals surface area contributed by atoms with Gasteiger partial charge in [-0.05, 0) is 37.9 Å². The topological polar surface area (TPSA) is 9.72 Å². The first-order chi connectivity index (χ1) is 13.6. The average Bonchev–Trinajstić information content (AvgIpc) is 2.72. The number of hydrogen-bond acceptors (Lipinski definition) is 3. The molecule has 1 unspecified atom stereocenters. The van der Waals surface area contributed by atoms with E-state index in [9.17, 15) is 0 Å². The maximum Gasteiger partial charge on any atom is 0.0366 e. The highest BCUT2D eigenvalue weighted by atomic mass is 15.2. The van der Waals surface area contributed by atoms with Crippen LogP contribution in [0.2, 0.25) is 0 Å². The number of unbranched alkanes of at least 4 members (excludes halogenated alkanes) is 2. The normalized spacial score (nSPS) is 20.6. The Kier molecular flexibility index (Phi) is 14.1. The molecule has 3 nitrogen and oxygen atoms in total. The summed E-state index contributed by atoms with van der Waals surface area (Å²) < 4.78 is 0. The smallest absolute Gasteiger partial charge is 0.0366 e. The van der Waals surface area contributed by atoms with Crippen molar-refractivity contribution in [3.63, 3.8) is 0 Å². The number of piperazine rings is 1. The molecule has 0 radical (unpaired) electrons. The number of likely N-dealkylation sites (N-methyl/N-ethyl adjacent to an activating group) is 1. The molecule has 0 N–H and O–H groups in total. The minimum Gasteiger partial charge on any atom is -0.371 e. The maximum absolute atomic E-state index is 2.67. The third-order valence-corrected chi connectivity index (χ3v) is 5.46. The number of nitrogens with zero attached hydrogens (tertiary/aromatic N) is 3. The lowest BCUT2D eigenvalue weighted by Gasteiger charge is -2.39. The molecule has 1 aromatic rings. The third-order valence-electron chi connectivity index (χ3n) is 5.46. The zero-order chi connectivity index (χ0) is 20.6. The monoisotopic (exact) mass is 389 g/mol. The van der Waals surface area contributed by atoms with Crippen LogP contribution in [0.25, 0.3) is 0 Å². The second-order valence-corrected chi connectivity index (χ2v) is 8.45. The molecule has 0 aromatic heterocycles. The van der Waals surface area contributed by atoms with Crippen molar-refractivity contribution in [2.75, 3.05) is 57.8 Å². The van der Waals surface area contributed by atoms with E-state index in [-0.39, 0.29) is 0 Å². The summed E-state index contributed by atoms with van der Waals surface area (Å²) in [4.78, 5) is 7.68. The molecule has 0 saturated carbocycles. The molecular formula is C25H47N3. The van der Waals surface area contributed by atoms with Crippen molar-refractivity contribution in [2.24, 2.45) is 5.92 Å². The van der Waals surface area contributed by atoms with Crippen molar-refractivity contribution in [1.82, 2.24) is 9.80 Å². The molecule has 3 rings (SSSR count). The first kappa shape index (κ1) is 25.0. The van der Waals surface area contributed by atoms with E-state index in [1.54, 1.807) is 0 Å². The van der Waals surface area contributed by atoms with Crippen LogP contribution in [-0.4, -0.2) is 62.7 Å². The molecule has 1 aromatic carbocycles. The van der Waals surface area contributed by atoms with Gasteiger partial charge in [0.1, 0.15) is 0 Å². The standard InChI is InChI=1S/C17H27N3.C5H12.C3H8/c1-18-10-12-19(13-11-18)14-16-6-5-9-20(15-16)17-7-3-2-4-8-17;1-3-5-4-2;1-3-2/h2-4,7-8,16H,5-6,9-15H2,1H3;3-5H2,1-2H3;3H2,1-2H3. The minimum absolute atomic E-state index is 0.840. The van der Waals surface area contributed by atoms with Gasteiger partial charge >= 0.3 is 0 Å². The Hall–Kier alpha value is -1.06. The summed E-state index contributed by atoms with van der Waals surface area (Å²) >= 11 is 0. The van der Waals surface area contributed by atoms with Crippen molar-refractivity contribution in [3.8, 4) is 0 Å². The van der Waals surface area contributed by atoms with Gasteiger partial charge in [-0.2, -0.15) is 0 Å². The molecule has 0 amide bonds. The number of piperidine rings is 1. The van der Waals surface area contributed by atoms with Crippen molar-refractivity contribution in [3.05, 3.63) is 30.3 Å². The molecule has 162 valence electrons. The van der Waals surface area contributed by atoms with Crippen molar-refractivity contribution in [2.45, 2.75) is 66.2 Å². The van der Waals surface area contributed by atoms with Gasteiger partial charge in [-0.15, -0.1) is 0 Å². The molecule has 2 fully saturated rings. The molecule has 28 heavy (non-hydrogen) atoms. The fourth-order valence-corrected chi connectivity index (χ4v) is 3.84. The Morgan fingerprint density at radius 2 is 1.46 bits per heavy atom. The van der Waals surface area contributed by atoms with Crippen LogP contribution >= 0.6 is 0 Å². The van der Waals surface area contributed by atoms with Gasteiger partial charge < -0.3 is 14.7 Å². The van der Waals surface area contributed by atoms with Crippen LogP contribution in [0.15, 0.2) is 30.3 Å². The van der Waals surface area contributed by atoms with Crippen molar-refractivity contribution < 1.29 is 0 Å². The molecule has 2 aliphatic rings. The summed E-state index contributed by atoms with van der Waals surface area (Å²) in [6.07, 6.45) is 8.07. The SMILES string of the molecule is CCC.CCCCC.CN1CCN(CC2CCCN(c3ccccc3)C2)CC1. The van der Waals surface area contributed by atoms with Gasteiger partial charge in [-0.25, -0.2) is 0 Å². The van der Waals surface area contributed by atoms with Gasteiger partial charge in [0, 0.05) is 51.5 Å². The fraction of sp³-hybridized carbons (Fsp3) is 0.760. The Morgan fingerprint density at radius 3 is 2.00 bits per heavy atom. The average molecular weight is 390 g/mol. The second kappa shape index (κ2) is 15.8. The Morgan fingerprint density at radius 1 is 0.857 bits per heavy atom. The van der Waals surface area contributed by atoms with Crippen LogP contribution in [0, 0.1) is 5.92 Å². The number of rotatable bonds is 5. The molecule has 2 saturated heterocycles. The van der Waals surface area contributed by atoms with E-state index in [0.29, 0.717) is 0 Å². The van der Waals surface area contributed by atoms with Crippen LogP contribution in [-0.2, 0) is 0 Å². The predicted octanol–water partition coefficient (Wildman–Crippen LogP) is 5.76. The van der Waals surface area contributed by atoms with Gasteiger partial charge in [-0.3, -0.25) is 0 Å². The lowest BCUT2D eigenvalue weighted by atomic mass is 9.96. The maximum atomic E-state index is 2.67. The number of benzene rings is 1. The van der Waals surface area contributed by atoms with Gasteiger partial charge in [-0.1, -0.05) is 71.6 Å². The van der Waals surface area contributed by atoms with Crippen LogP contribution in [0.5, 0.6) is 0 Å². The molecular weight excluding hydrogens is 342 g/mol.